The van der Waals surface area contributed by atoms with E-state index in [9.17, 15) is 0 Å². The van der Waals surface area contributed by atoms with Gasteiger partial charge < -0.3 is 11.1 Å². The molecule has 0 radical (unpaired) electrons. The monoisotopic (exact) mass is 238 g/mol. The first-order valence-electron chi connectivity index (χ1n) is 4.90. The van der Waals surface area contributed by atoms with Gasteiger partial charge in [-0.3, -0.25) is 0 Å². The summed E-state index contributed by atoms with van der Waals surface area (Å²) in [6.45, 7) is 1.89. The van der Waals surface area contributed by atoms with E-state index in [2.05, 4.69) is 22.1 Å². The molecule has 15 heavy (non-hydrogen) atoms. The van der Waals surface area contributed by atoms with Crippen LogP contribution < -0.4 is 11.1 Å². The van der Waals surface area contributed by atoms with Crippen LogP contribution in [0.15, 0.2) is 28.3 Å². The molecule has 2 aromatic heterocycles. The van der Waals surface area contributed by atoms with Crippen molar-refractivity contribution in [3.05, 3.63) is 38.7 Å². The highest BCUT2D eigenvalue weighted by molar-refractivity contribution is 7.10. The quantitative estimate of drug-likeness (QED) is 0.786. The van der Waals surface area contributed by atoms with Crippen molar-refractivity contribution in [2.75, 3.05) is 12.3 Å². The van der Waals surface area contributed by atoms with Gasteiger partial charge in [-0.2, -0.15) is 11.3 Å². The maximum atomic E-state index is 5.79. The largest absolute Gasteiger partial charge is 0.398 e. The van der Waals surface area contributed by atoms with Crippen LogP contribution in [0.3, 0.4) is 0 Å². The minimum absolute atomic E-state index is 0.883. The normalized spacial score (nSPS) is 10.7. The molecular formula is C11H14N2S2. The van der Waals surface area contributed by atoms with E-state index in [1.807, 2.05) is 11.4 Å². The summed E-state index contributed by atoms with van der Waals surface area (Å²) in [6, 6.07) is 4.13. The third-order valence-corrected chi connectivity index (χ3v) is 3.90. The summed E-state index contributed by atoms with van der Waals surface area (Å²) in [5.74, 6) is 0. The van der Waals surface area contributed by atoms with Crippen molar-refractivity contribution in [2.45, 2.75) is 13.0 Å². The fraction of sp³-hybridized carbons (Fsp3) is 0.273. The van der Waals surface area contributed by atoms with Gasteiger partial charge in [0.15, 0.2) is 0 Å². The molecule has 0 spiro atoms. The molecule has 2 heterocycles. The Morgan fingerprint density at radius 1 is 1.27 bits per heavy atom. The van der Waals surface area contributed by atoms with Crippen LogP contribution in [0.4, 0.5) is 5.69 Å². The Morgan fingerprint density at radius 3 is 2.87 bits per heavy atom. The molecule has 2 rings (SSSR count). The van der Waals surface area contributed by atoms with E-state index in [1.165, 1.54) is 10.4 Å². The van der Waals surface area contributed by atoms with E-state index >= 15 is 0 Å². The Labute approximate surface area is 97.8 Å². The maximum absolute atomic E-state index is 5.79. The van der Waals surface area contributed by atoms with Crippen molar-refractivity contribution in [3.63, 3.8) is 0 Å². The molecule has 0 aliphatic rings. The molecule has 0 bridgehead atoms. The molecule has 0 saturated carbocycles. The number of nitrogen functional groups attached to an aromatic ring is 1. The highest BCUT2D eigenvalue weighted by Gasteiger charge is 1.99. The zero-order valence-electron chi connectivity index (χ0n) is 8.40. The molecule has 0 fully saturated rings. The highest BCUT2D eigenvalue weighted by atomic mass is 32.1. The number of thiophene rings is 2. The summed E-state index contributed by atoms with van der Waals surface area (Å²) in [5.41, 5.74) is 8.10. The van der Waals surface area contributed by atoms with Gasteiger partial charge >= 0.3 is 0 Å². The third kappa shape index (κ3) is 3.06. The van der Waals surface area contributed by atoms with Crippen LogP contribution in [0, 0.1) is 0 Å². The molecule has 0 atom stereocenters. The zero-order chi connectivity index (χ0) is 10.5. The van der Waals surface area contributed by atoms with Crippen molar-refractivity contribution in [2.24, 2.45) is 0 Å². The third-order valence-electron chi connectivity index (χ3n) is 2.24. The van der Waals surface area contributed by atoms with Gasteiger partial charge in [0.25, 0.3) is 0 Å². The van der Waals surface area contributed by atoms with E-state index in [4.69, 9.17) is 5.73 Å². The lowest BCUT2D eigenvalue weighted by Gasteiger charge is -2.02. The summed E-state index contributed by atoms with van der Waals surface area (Å²) >= 11 is 3.46. The van der Waals surface area contributed by atoms with E-state index in [0.29, 0.717) is 0 Å². The van der Waals surface area contributed by atoms with Crippen LogP contribution in [0.1, 0.15) is 10.4 Å². The van der Waals surface area contributed by atoms with Gasteiger partial charge in [-0.05, 0) is 46.8 Å². The van der Waals surface area contributed by atoms with Gasteiger partial charge in [0.05, 0.1) is 0 Å². The second-order valence-electron chi connectivity index (χ2n) is 3.36. The number of hydrogen-bond donors (Lipinski definition) is 2. The first-order valence-corrected chi connectivity index (χ1v) is 6.72. The summed E-state index contributed by atoms with van der Waals surface area (Å²) in [4.78, 5) is 1.24. The van der Waals surface area contributed by atoms with Gasteiger partial charge in [0, 0.05) is 17.1 Å². The summed E-state index contributed by atoms with van der Waals surface area (Å²) < 4.78 is 0. The molecule has 0 unspecified atom stereocenters. The fourth-order valence-electron chi connectivity index (χ4n) is 1.36. The van der Waals surface area contributed by atoms with Crippen molar-refractivity contribution in [3.8, 4) is 0 Å². The van der Waals surface area contributed by atoms with Crippen molar-refractivity contribution >= 4 is 28.4 Å². The van der Waals surface area contributed by atoms with Gasteiger partial charge in [0.2, 0.25) is 0 Å². The molecule has 80 valence electrons. The molecular weight excluding hydrogens is 224 g/mol. The lowest BCUT2D eigenvalue weighted by molar-refractivity contribution is 0.695. The molecule has 2 aromatic rings. The predicted molar refractivity (Wildman–Crippen MR) is 68.5 cm³/mol. The molecule has 4 heteroatoms. The second-order valence-corrected chi connectivity index (χ2v) is 5.14. The maximum Gasteiger partial charge on any atom is 0.0468 e. The lowest BCUT2D eigenvalue weighted by atomic mass is 10.2. The summed E-state index contributed by atoms with van der Waals surface area (Å²) in [5, 5.41) is 9.75. The second kappa shape index (κ2) is 5.30. The minimum atomic E-state index is 0.883. The lowest BCUT2D eigenvalue weighted by Crippen LogP contribution is -2.16. The molecule has 0 aliphatic heterocycles. The number of rotatable bonds is 5. The van der Waals surface area contributed by atoms with E-state index in [1.54, 1.807) is 22.7 Å². The number of nitrogens with one attached hydrogen (secondary N) is 1. The smallest absolute Gasteiger partial charge is 0.0468 e. The van der Waals surface area contributed by atoms with Gasteiger partial charge in [-0.1, -0.05) is 0 Å². The average Bonchev–Trinajstić information content (AvgIpc) is 2.85. The SMILES string of the molecule is Nc1ccsc1CNCCc1ccsc1. The van der Waals surface area contributed by atoms with Crippen LogP contribution in [-0.4, -0.2) is 6.54 Å². The molecule has 2 nitrogen and oxygen atoms in total. The van der Waals surface area contributed by atoms with E-state index in [-0.39, 0.29) is 0 Å². The van der Waals surface area contributed by atoms with Gasteiger partial charge in [0.1, 0.15) is 0 Å². The Bertz CT molecular complexity index is 392. The molecule has 0 saturated heterocycles. The number of hydrogen-bond acceptors (Lipinski definition) is 4. The first-order chi connectivity index (χ1) is 7.36. The predicted octanol–water partition coefficient (Wildman–Crippen LogP) is 2.72. The minimum Gasteiger partial charge on any atom is -0.398 e. The van der Waals surface area contributed by atoms with E-state index < -0.39 is 0 Å². The Kier molecular flexibility index (Phi) is 3.77. The standard InChI is InChI=1S/C11H14N2S2/c12-10-3-6-15-11(10)7-13-4-1-9-2-5-14-8-9/h2-3,5-6,8,13H,1,4,7,12H2. The number of nitrogens with two attached hydrogens (primary N) is 1. The van der Waals surface area contributed by atoms with E-state index in [0.717, 1.165) is 25.2 Å². The van der Waals surface area contributed by atoms with Crippen LogP contribution >= 0.6 is 22.7 Å². The van der Waals surface area contributed by atoms with Crippen LogP contribution in [0.25, 0.3) is 0 Å². The van der Waals surface area contributed by atoms with Crippen molar-refractivity contribution in [1.29, 1.82) is 0 Å². The molecule has 0 amide bonds. The van der Waals surface area contributed by atoms with Crippen LogP contribution in [-0.2, 0) is 13.0 Å². The summed E-state index contributed by atoms with van der Waals surface area (Å²) in [7, 11) is 0. The molecule has 0 aromatic carbocycles. The van der Waals surface area contributed by atoms with Gasteiger partial charge in [-0.15, -0.1) is 11.3 Å². The average molecular weight is 238 g/mol. The fourth-order valence-corrected chi connectivity index (χ4v) is 2.84. The number of anilines is 1. The zero-order valence-corrected chi connectivity index (χ0v) is 10.0. The Morgan fingerprint density at radius 2 is 2.20 bits per heavy atom. The topological polar surface area (TPSA) is 38.0 Å². The molecule has 3 N–H and O–H groups in total. The first kappa shape index (κ1) is 10.7. The van der Waals surface area contributed by atoms with Crippen molar-refractivity contribution in [1.82, 2.24) is 5.32 Å². The molecule has 0 aliphatic carbocycles. The van der Waals surface area contributed by atoms with Gasteiger partial charge in [-0.25, -0.2) is 0 Å². The van der Waals surface area contributed by atoms with Crippen LogP contribution in [0.5, 0.6) is 0 Å². The Hall–Kier alpha value is -0.840. The highest BCUT2D eigenvalue weighted by Crippen LogP contribution is 2.18. The Balaban J connectivity index is 1.70. The van der Waals surface area contributed by atoms with Crippen LogP contribution in [0.2, 0.25) is 0 Å². The summed E-state index contributed by atoms with van der Waals surface area (Å²) in [6.07, 6.45) is 1.09. The van der Waals surface area contributed by atoms with Crippen molar-refractivity contribution < 1.29 is 0 Å².